The molecule has 0 fully saturated rings. The molecule has 1 aromatic carbocycles. The highest BCUT2D eigenvalue weighted by Gasteiger charge is 2.21. The van der Waals surface area contributed by atoms with Crippen LogP contribution in [-0.2, 0) is 15.8 Å². The fourth-order valence-corrected chi connectivity index (χ4v) is 3.29. The van der Waals surface area contributed by atoms with Gasteiger partial charge in [0.15, 0.2) is 0 Å². The van der Waals surface area contributed by atoms with E-state index < -0.39 is 10.0 Å². The van der Waals surface area contributed by atoms with Gasteiger partial charge in [-0.15, -0.1) is 0 Å². The molecule has 0 saturated carbocycles. The molecular formula is C12H17N3O2S. The molecule has 98 valence electrons. The van der Waals surface area contributed by atoms with E-state index in [0.29, 0.717) is 24.2 Å². The molecule has 2 N–H and O–H groups in total. The minimum absolute atomic E-state index is 0.162. The maximum absolute atomic E-state index is 12.2. The van der Waals surface area contributed by atoms with Gasteiger partial charge in [0.25, 0.3) is 0 Å². The van der Waals surface area contributed by atoms with Crippen LogP contribution >= 0.6 is 0 Å². The average Bonchev–Trinajstić information content (AvgIpc) is 2.35. The van der Waals surface area contributed by atoms with Gasteiger partial charge in [-0.3, -0.25) is 0 Å². The molecule has 0 aromatic heterocycles. The van der Waals surface area contributed by atoms with Crippen molar-refractivity contribution in [3.8, 4) is 6.07 Å². The quantitative estimate of drug-likeness (QED) is 0.820. The summed E-state index contributed by atoms with van der Waals surface area (Å²) in [4.78, 5) is 0. The summed E-state index contributed by atoms with van der Waals surface area (Å²) >= 11 is 0. The monoisotopic (exact) mass is 267 g/mol. The number of hydrogen-bond acceptors (Lipinski definition) is 4. The zero-order valence-corrected chi connectivity index (χ0v) is 11.2. The van der Waals surface area contributed by atoms with Crippen molar-refractivity contribution in [2.24, 2.45) is 5.73 Å². The van der Waals surface area contributed by atoms with Gasteiger partial charge < -0.3 is 5.73 Å². The number of nitriles is 1. The molecule has 0 bridgehead atoms. The summed E-state index contributed by atoms with van der Waals surface area (Å²) in [5.74, 6) is -0.162. The number of hydrogen-bond donors (Lipinski definition) is 1. The Labute approximate surface area is 108 Å². The van der Waals surface area contributed by atoms with Gasteiger partial charge in [0.05, 0.1) is 17.4 Å². The summed E-state index contributed by atoms with van der Waals surface area (Å²) < 4.78 is 25.6. The topological polar surface area (TPSA) is 87.2 Å². The van der Waals surface area contributed by atoms with Crippen LogP contribution in [0.15, 0.2) is 24.3 Å². The molecule has 0 spiro atoms. The Kier molecular flexibility index (Phi) is 5.28. The van der Waals surface area contributed by atoms with Crippen LogP contribution in [0.2, 0.25) is 0 Å². The molecule has 0 aliphatic heterocycles. The second-order valence-electron chi connectivity index (χ2n) is 3.81. The zero-order chi connectivity index (χ0) is 13.6. The van der Waals surface area contributed by atoms with Crippen LogP contribution in [0.5, 0.6) is 0 Å². The van der Waals surface area contributed by atoms with Crippen molar-refractivity contribution in [1.29, 1.82) is 5.26 Å². The fourth-order valence-electron chi connectivity index (χ4n) is 1.68. The first-order chi connectivity index (χ1) is 8.55. The number of nitrogens with zero attached hydrogens (tertiary/aromatic N) is 2. The van der Waals surface area contributed by atoms with Crippen LogP contribution in [0, 0.1) is 11.3 Å². The molecule has 0 aliphatic rings. The Morgan fingerprint density at radius 3 is 2.61 bits per heavy atom. The molecule has 0 radical (unpaired) electrons. The summed E-state index contributed by atoms with van der Waals surface area (Å²) in [6.07, 6.45) is 0. The third-order valence-corrected chi connectivity index (χ3v) is 4.50. The summed E-state index contributed by atoms with van der Waals surface area (Å²) in [6.45, 7) is 2.73. The Morgan fingerprint density at radius 1 is 1.39 bits per heavy atom. The first kappa shape index (κ1) is 14.6. The molecule has 0 saturated heterocycles. The largest absolute Gasteiger partial charge is 0.329 e. The van der Waals surface area contributed by atoms with Crippen molar-refractivity contribution in [1.82, 2.24) is 4.31 Å². The van der Waals surface area contributed by atoms with Crippen LogP contribution < -0.4 is 5.73 Å². The number of nitrogens with two attached hydrogens (primary N) is 1. The predicted molar refractivity (Wildman–Crippen MR) is 70.1 cm³/mol. The van der Waals surface area contributed by atoms with Gasteiger partial charge in [-0.1, -0.05) is 25.1 Å². The van der Waals surface area contributed by atoms with Crippen molar-refractivity contribution in [3.05, 3.63) is 35.4 Å². The van der Waals surface area contributed by atoms with E-state index >= 15 is 0 Å². The maximum Gasteiger partial charge on any atom is 0.218 e. The molecule has 0 aliphatic carbocycles. The van der Waals surface area contributed by atoms with E-state index in [1.165, 1.54) is 4.31 Å². The highest BCUT2D eigenvalue weighted by atomic mass is 32.2. The normalized spacial score (nSPS) is 11.4. The van der Waals surface area contributed by atoms with Crippen molar-refractivity contribution in [2.45, 2.75) is 12.7 Å². The number of rotatable bonds is 6. The fraction of sp³-hybridized carbons (Fsp3) is 0.417. The molecule has 0 atom stereocenters. The first-order valence-corrected chi connectivity index (χ1v) is 7.32. The van der Waals surface area contributed by atoms with Crippen LogP contribution in [0.25, 0.3) is 0 Å². The Morgan fingerprint density at radius 2 is 2.06 bits per heavy atom. The standard InChI is InChI=1S/C12H17N3O2S/c1-2-15(8-7-13)18(16,17)10-12-6-4-3-5-11(12)9-14/h3-6H,2,7-8,10,13H2,1H3. The van der Waals surface area contributed by atoms with E-state index in [2.05, 4.69) is 0 Å². The molecule has 18 heavy (non-hydrogen) atoms. The highest BCUT2D eigenvalue weighted by molar-refractivity contribution is 7.88. The summed E-state index contributed by atoms with van der Waals surface area (Å²) in [5.41, 5.74) is 6.31. The Balaban J connectivity index is 2.99. The van der Waals surface area contributed by atoms with Crippen molar-refractivity contribution in [2.75, 3.05) is 19.6 Å². The van der Waals surface area contributed by atoms with Crippen molar-refractivity contribution < 1.29 is 8.42 Å². The SMILES string of the molecule is CCN(CCN)S(=O)(=O)Cc1ccccc1C#N. The van der Waals surface area contributed by atoms with Gasteiger partial charge in [-0.05, 0) is 11.6 Å². The Hall–Kier alpha value is -1.42. The highest BCUT2D eigenvalue weighted by Crippen LogP contribution is 2.14. The molecule has 5 nitrogen and oxygen atoms in total. The Bertz CT molecular complexity index is 534. The lowest BCUT2D eigenvalue weighted by atomic mass is 10.1. The number of likely N-dealkylation sites (N-methyl/N-ethyl adjacent to an activating group) is 1. The summed E-state index contributed by atoms with van der Waals surface area (Å²) in [7, 11) is -3.42. The van der Waals surface area contributed by atoms with Gasteiger partial charge in [0, 0.05) is 19.6 Å². The lowest BCUT2D eigenvalue weighted by molar-refractivity contribution is 0.434. The van der Waals surface area contributed by atoms with Gasteiger partial charge in [0.1, 0.15) is 0 Å². The smallest absolute Gasteiger partial charge is 0.218 e. The number of sulfonamides is 1. The molecular weight excluding hydrogens is 250 g/mol. The van der Waals surface area contributed by atoms with Crippen molar-refractivity contribution >= 4 is 10.0 Å². The van der Waals surface area contributed by atoms with E-state index in [1.54, 1.807) is 31.2 Å². The number of benzene rings is 1. The van der Waals surface area contributed by atoms with Gasteiger partial charge >= 0.3 is 0 Å². The third-order valence-electron chi connectivity index (χ3n) is 2.60. The zero-order valence-electron chi connectivity index (χ0n) is 10.3. The van der Waals surface area contributed by atoms with Crippen molar-refractivity contribution in [3.63, 3.8) is 0 Å². The van der Waals surface area contributed by atoms with Crippen LogP contribution in [-0.4, -0.2) is 32.4 Å². The second kappa shape index (κ2) is 6.50. The molecule has 0 heterocycles. The molecule has 0 unspecified atom stereocenters. The molecule has 6 heteroatoms. The first-order valence-electron chi connectivity index (χ1n) is 5.71. The second-order valence-corrected chi connectivity index (χ2v) is 5.77. The van der Waals surface area contributed by atoms with E-state index in [-0.39, 0.29) is 12.3 Å². The predicted octanol–water partition coefficient (Wildman–Crippen LogP) is 0.669. The van der Waals surface area contributed by atoms with Gasteiger partial charge in [-0.2, -0.15) is 5.26 Å². The van der Waals surface area contributed by atoms with Crippen LogP contribution in [0.3, 0.4) is 0 Å². The van der Waals surface area contributed by atoms with Gasteiger partial charge in [0.2, 0.25) is 10.0 Å². The van der Waals surface area contributed by atoms with Gasteiger partial charge in [-0.25, -0.2) is 12.7 Å². The van der Waals surface area contributed by atoms with E-state index in [1.807, 2.05) is 6.07 Å². The van der Waals surface area contributed by atoms with Crippen LogP contribution in [0.1, 0.15) is 18.1 Å². The van der Waals surface area contributed by atoms with E-state index in [0.717, 1.165) is 0 Å². The molecule has 1 aromatic rings. The van der Waals surface area contributed by atoms with Crippen LogP contribution in [0.4, 0.5) is 0 Å². The minimum Gasteiger partial charge on any atom is -0.329 e. The summed E-state index contributed by atoms with van der Waals surface area (Å²) in [6, 6.07) is 8.72. The minimum atomic E-state index is -3.42. The lowest BCUT2D eigenvalue weighted by Gasteiger charge is -2.19. The third kappa shape index (κ3) is 3.53. The van der Waals surface area contributed by atoms with E-state index in [4.69, 9.17) is 11.0 Å². The summed E-state index contributed by atoms with van der Waals surface area (Å²) in [5, 5.41) is 8.94. The molecule has 1 rings (SSSR count). The van der Waals surface area contributed by atoms with E-state index in [9.17, 15) is 8.42 Å². The maximum atomic E-state index is 12.2. The average molecular weight is 267 g/mol. The lowest BCUT2D eigenvalue weighted by Crippen LogP contribution is -2.36. The molecule has 0 amide bonds.